The first-order valence-corrected chi connectivity index (χ1v) is 5.45. The molecule has 1 atom stereocenters. The van der Waals surface area contributed by atoms with Crippen LogP contribution in [0, 0.1) is 28.6 Å². The van der Waals surface area contributed by atoms with Gasteiger partial charge in [-0.1, -0.05) is 33.6 Å². The number of hydrogen-bond acceptors (Lipinski definition) is 2. The molecule has 2 nitrogen and oxygen atoms in total. The molecule has 0 spiro atoms. The maximum absolute atomic E-state index is 12.1. The van der Waals surface area contributed by atoms with Gasteiger partial charge in [-0.3, -0.25) is 4.79 Å². The lowest BCUT2D eigenvalue weighted by Gasteiger charge is -2.25. The molecule has 1 aliphatic carbocycles. The van der Waals surface area contributed by atoms with Crippen molar-refractivity contribution in [2.45, 2.75) is 46.5 Å². The number of nitrogens with zero attached hydrogens (tertiary/aromatic N) is 1. The van der Waals surface area contributed by atoms with E-state index in [4.69, 9.17) is 5.26 Å². The van der Waals surface area contributed by atoms with Gasteiger partial charge < -0.3 is 0 Å². The highest BCUT2D eigenvalue weighted by Gasteiger charge is 2.40. The zero-order valence-corrected chi connectivity index (χ0v) is 9.34. The maximum atomic E-state index is 12.1. The first-order chi connectivity index (χ1) is 6.51. The molecule has 0 aliphatic heterocycles. The van der Waals surface area contributed by atoms with Gasteiger partial charge in [-0.05, 0) is 18.8 Å². The summed E-state index contributed by atoms with van der Waals surface area (Å²) >= 11 is 0. The summed E-state index contributed by atoms with van der Waals surface area (Å²) in [6.07, 6.45) is 4.21. The normalized spacial score (nSPS) is 21.9. The van der Waals surface area contributed by atoms with Gasteiger partial charge in [0.05, 0.1) is 6.07 Å². The Labute approximate surface area is 86.3 Å². The van der Waals surface area contributed by atoms with E-state index in [2.05, 4.69) is 6.07 Å². The van der Waals surface area contributed by atoms with E-state index >= 15 is 0 Å². The van der Waals surface area contributed by atoms with Crippen LogP contribution in [0.5, 0.6) is 0 Å². The van der Waals surface area contributed by atoms with E-state index in [-0.39, 0.29) is 17.1 Å². The number of carbonyl (C=O) groups is 1. The van der Waals surface area contributed by atoms with Crippen LogP contribution < -0.4 is 0 Å². The lowest BCUT2D eigenvalue weighted by Crippen LogP contribution is -2.33. The molecule has 0 bridgehead atoms. The first kappa shape index (κ1) is 11.2. The van der Waals surface area contributed by atoms with Crippen molar-refractivity contribution >= 4 is 5.78 Å². The van der Waals surface area contributed by atoms with Crippen LogP contribution in [0.15, 0.2) is 0 Å². The molecule has 0 aromatic rings. The molecule has 1 aliphatic rings. The van der Waals surface area contributed by atoms with E-state index < -0.39 is 5.92 Å². The molecule has 0 heterocycles. The Bertz CT molecular complexity index is 256. The molecule has 0 saturated heterocycles. The van der Waals surface area contributed by atoms with Crippen molar-refractivity contribution in [3.63, 3.8) is 0 Å². The van der Waals surface area contributed by atoms with Gasteiger partial charge in [-0.15, -0.1) is 0 Å². The molecule has 14 heavy (non-hydrogen) atoms. The number of hydrogen-bond donors (Lipinski definition) is 0. The Morgan fingerprint density at radius 2 is 1.86 bits per heavy atom. The first-order valence-electron chi connectivity index (χ1n) is 5.45. The molecule has 0 amide bonds. The van der Waals surface area contributed by atoms with Crippen molar-refractivity contribution in [1.29, 1.82) is 5.26 Å². The van der Waals surface area contributed by atoms with Crippen molar-refractivity contribution in [2.24, 2.45) is 17.3 Å². The molecule has 0 aromatic carbocycles. The van der Waals surface area contributed by atoms with E-state index in [9.17, 15) is 4.79 Å². The summed E-state index contributed by atoms with van der Waals surface area (Å²) in [4.78, 5) is 12.1. The van der Waals surface area contributed by atoms with Gasteiger partial charge in [-0.2, -0.15) is 5.26 Å². The molecule has 0 radical (unpaired) electrons. The molecule has 2 heteroatoms. The van der Waals surface area contributed by atoms with E-state index in [1.165, 1.54) is 0 Å². The Hall–Kier alpha value is -0.840. The van der Waals surface area contributed by atoms with Crippen molar-refractivity contribution in [3.05, 3.63) is 0 Å². The Morgan fingerprint density at radius 3 is 2.21 bits per heavy atom. The van der Waals surface area contributed by atoms with Crippen molar-refractivity contribution in [2.75, 3.05) is 0 Å². The standard InChI is InChI=1S/C12H19NO/c1-9(2)10(8-13)11(14)12(3)6-4-5-7-12/h9-10H,4-7H2,1-3H3. The minimum atomic E-state index is -0.405. The van der Waals surface area contributed by atoms with E-state index in [1.54, 1.807) is 0 Å². The molecule has 1 unspecified atom stereocenters. The van der Waals surface area contributed by atoms with Crippen LogP contribution in [0.25, 0.3) is 0 Å². The predicted molar refractivity (Wildman–Crippen MR) is 55.5 cm³/mol. The Kier molecular flexibility index (Phi) is 3.31. The zero-order chi connectivity index (χ0) is 10.8. The van der Waals surface area contributed by atoms with Gasteiger partial charge in [0.25, 0.3) is 0 Å². The maximum Gasteiger partial charge on any atom is 0.156 e. The van der Waals surface area contributed by atoms with E-state index in [0.717, 1.165) is 25.7 Å². The monoisotopic (exact) mass is 193 g/mol. The van der Waals surface area contributed by atoms with E-state index in [1.807, 2.05) is 20.8 Å². The fourth-order valence-electron chi connectivity index (χ4n) is 2.29. The SMILES string of the molecule is CC(C)C(C#N)C(=O)C1(C)CCCC1. The smallest absolute Gasteiger partial charge is 0.156 e. The van der Waals surface area contributed by atoms with Crippen LogP contribution in [0.4, 0.5) is 0 Å². The summed E-state index contributed by atoms with van der Waals surface area (Å²) in [7, 11) is 0. The number of rotatable bonds is 3. The van der Waals surface area contributed by atoms with Crippen molar-refractivity contribution in [3.8, 4) is 6.07 Å². The quantitative estimate of drug-likeness (QED) is 0.691. The predicted octanol–water partition coefficient (Wildman–Crippen LogP) is 2.93. The van der Waals surface area contributed by atoms with Crippen LogP contribution in [-0.2, 0) is 4.79 Å². The molecule has 1 saturated carbocycles. The lowest BCUT2D eigenvalue weighted by molar-refractivity contribution is -0.131. The van der Waals surface area contributed by atoms with Crippen molar-refractivity contribution < 1.29 is 4.79 Å². The fourth-order valence-corrected chi connectivity index (χ4v) is 2.29. The van der Waals surface area contributed by atoms with Crippen LogP contribution in [0.1, 0.15) is 46.5 Å². The second-order valence-electron chi connectivity index (χ2n) is 4.98. The van der Waals surface area contributed by atoms with Gasteiger partial charge >= 0.3 is 0 Å². The van der Waals surface area contributed by atoms with Crippen LogP contribution >= 0.6 is 0 Å². The van der Waals surface area contributed by atoms with Gasteiger partial charge in [0.15, 0.2) is 5.78 Å². The van der Waals surface area contributed by atoms with Gasteiger partial charge in [0.1, 0.15) is 5.92 Å². The molecule has 1 rings (SSSR count). The molecule has 78 valence electrons. The molecule has 0 aromatic heterocycles. The highest BCUT2D eigenvalue weighted by Crippen LogP contribution is 2.41. The van der Waals surface area contributed by atoms with E-state index in [0.29, 0.717) is 0 Å². The van der Waals surface area contributed by atoms with Gasteiger partial charge in [0, 0.05) is 5.41 Å². The van der Waals surface area contributed by atoms with Gasteiger partial charge in [0.2, 0.25) is 0 Å². The summed E-state index contributed by atoms with van der Waals surface area (Å²) in [5, 5.41) is 8.97. The highest BCUT2D eigenvalue weighted by molar-refractivity contribution is 5.89. The molecule has 1 fully saturated rings. The second kappa shape index (κ2) is 4.13. The largest absolute Gasteiger partial charge is 0.298 e. The summed E-state index contributed by atoms with van der Waals surface area (Å²) in [6.45, 7) is 5.92. The minimum absolute atomic E-state index is 0.143. The van der Waals surface area contributed by atoms with Crippen LogP contribution in [0.2, 0.25) is 0 Å². The zero-order valence-electron chi connectivity index (χ0n) is 9.34. The van der Waals surface area contributed by atoms with Crippen LogP contribution in [-0.4, -0.2) is 5.78 Å². The van der Waals surface area contributed by atoms with Gasteiger partial charge in [-0.25, -0.2) is 0 Å². The number of nitriles is 1. The summed E-state index contributed by atoms with van der Waals surface area (Å²) in [6, 6.07) is 2.15. The summed E-state index contributed by atoms with van der Waals surface area (Å²) in [5.74, 6) is -0.0875. The lowest BCUT2D eigenvalue weighted by atomic mass is 9.75. The Morgan fingerprint density at radius 1 is 1.36 bits per heavy atom. The summed E-state index contributed by atoms with van der Waals surface area (Å²) < 4.78 is 0. The number of Topliss-reactive ketones (excluding diaryl/α,β-unsaturated/α-hetero) is 1. The molecule has 0 N–H and O–H groups in total. The molecular weight excluding hydrogens is 174 g/mol. The average Bonchev–Trinajstić information content (AvgIpc) is 2.54. The fraction of sp³-hybridized carbons (Fsp3) is 0.833. The third-order valence-corrected chi connectivity index (χ3v) is 3.39. The molecular formula is C12H19NO. The number of ketones is 1. The minimum Gasteiger partial charge on any atom is -0.298 e. The Balaban J connectivity index is 2.77. The third kappa shape index (κ3) is 1.97. The topological polar surface area (TPSA) is 40.9 Å². The summed E-state index contributed by atoms with van der Waals surface area (Å²) in [5.41, 5.74) is -0.204. The number of carbonyl (C=O) groups excluding carboxylic acids is 1. The second-order valence-corrected chi connectivity index (χ2v) is 4.98. The van der Waals surface area contributed by atoms with Crippen LogP contribution in [0.3, 0.4) is 0 Å². The van der Waals surface area contributed by atoms with Crippen molar-refractivity contribution in [1.82, 2.24) is 0 Å². The average molecular weight is 193 g/mol. The third-order valence-electron chi connectivity index (χ3n) is 3.39. The highest BCUT2D eigenvalue weighted by atomic mass is 16.1.